The van der Waals surface area contributed by atoms with Gasteiger partial charge in [-0.3, -0.25) is 0 Å². The zero-order chi connectivity index (χ0) is 12.3. The van der Waals surface area contributed by atoms with Crippen molar-refractivity contribution in [3.05, 3.63) is 33.8 Å². The molecule has 0 radical (unpaired) electrons. The minimum absolute atomic E-state index is 0.0481. The maximum Gasteiger partial charge on any atom is 0.416 e. The van der Waals surface area contributed by atoms with Crippen LogP contribution in [0.2, 0.25) is 0 Å². The van der Waals surface area contributed by atoms with Crippen LogP contribution < -0.4 is 0 Å². The standard InChI is InChI=1S/C11H11BrClF3/c1-2-9(13)5-7-3-4-8(6-10(7)12)11(14,15)16/h3-4,6,9H,2,5H2,1H3. The molecule has 0 aliphatic rings. The predicted octanol–water partition coefficient (Wildman–Crippen LogP) is 5.03. The van der Waals surface area contributed by atoms with Gasteiger partial charge in [-0.05, 0) is 30.5 Å². The van der Waals surface area contributed by atoms with Crippen molar-refractivity contribution >= 4 is 27.5 Å². The van der Waals surface area contributed by atoms with Gasteiger partial charge in [0.1, 0.15) is 0 Å². The van der Waals surface area contributed by atoms with Gasteiger partial charge in [0.2, 0.25) is 0 Å². The molecule has 1 rings (SSSR count). The van der Waals surface area contributed by atoms with E-state index in [1.54, 1.807) is 0 Å². The largest absolute Gasteiger partial charge is 0.416 e. The Kier molecular flexibility index (Phi) is 4.68. The van der Waals surface area contributed by atoms with Gasteiger partial charge in [0, 0.05) is 9.85 Å². The lowest BCUT2D eigenvalue weighted by Gasteiger charge is -2.11. The third-order valence-corrected chi connectivity index (χ3v) is 3.47. The fourth-order valence-electron chi connectivity index (χ4n) is 1.27. The molecule has 0 nitrogen and oxygen atoms in total. The van der Waals surface area contributed by atoms with E-state index in [0.717, 1.165) is 24.1 Å². The average molecular weight is 316 g/mol. The lowest BCUT2D eigenvalue weighted by molar-refractivity contribution is -0.137. The van der Waals surface area contributed by atoms with Crippen LogP contribution >= 0.6 is 27.5 Å². The summed E-state index contributed by atoms with van der Waals surface area (Å²) in [5.41, 5.74) is 0.153. The second-order valence-corrected chi connectivity index (χ2v) is 4.99. The maximum atomic E-state index is 12.4. The van der Waals surface area contributed by atoms with Gasteiger partial charge in [0.25, 0.3) is 0 Å². The van der Waals surface area contributed by atoms with Crippen LogP contribution in [0.4, 0.5) is 13.2 Å². The molecule has 1 atom stereocenters. The second kappa shape index (κ2) is 5.41. The molecule has 0 saturated carbocycles. The van der Waals surface area contributed by atoms with Crippen LogP contribution in [-0.2, 0) is 12.6 Å². The maximum absolute atomic E-state index is 12.4. The Hall–Kier alpha value is -0.220. The van der Waals surface area contributed by atoms with Crippen molar-refractivity contribution in [3.8, 4) is 0 Å². The van der Waals surface area contributed by atoms with Crippen LogP contribution in [0.15, 0.2) is 22.7 Å². The molecule has 5 heteroatoms. The van der Waals surface area contributed by atoms with Crippen LogP contribution in [-0.4, -0.2) is 5.38 Å². The first-order valence-corrected chi connectivity index (χ1v) is 6.07. The topological polar surface area (TPSA) is 0 Å². The zero-order valence-corrected chi connectivity index (χ0v) is 11.0. The summed E-state index contributed by atoms with van der Waals surface area (Å²) in [6.07, 6.45) is -2.95. The van der Waals surface area contributed by atoms with E-state index in [0.29, 0.717) is 10.9 Å². The molecule has 0 fully saturated rings. The number of alkyl halides is 4. The summed E-state index contributed by atoms with van der Waals surface area (Å²) in [6.45, 7) is 1.94. The van der Waals surface area contributed by atoms with Crippen molar-refractivity contribution in [2.24, 2.45) is 0 Å². The molecule has 90 valence electrons. The molecule has 0 amide bonds. The number of halogens is 5. The first-order chi connectivity index (χ1) is 7.34. The first-order valence-electron chi connectivity index (χ1n) is 4.84. The molecule has 1 aromatic rings. The van der Waals surface area contributed by atoms with Gasteiger partial charge in [-0.25, -0.2) is 0 Å². The van der Waals surface area contributed by atoms with Gasteiger partial charge in [-0.1, -0.05) is 28.9 Å². The Balaban J connectivity index is 2.92. The van der Waals surface area contributed by atoms with E-state index >= 15 is 0 Å². The average Bonchev–Trinajstić information content (AvgIpc) is 2.19. The Morgan fingerprint density at radius 3 is 2.44 bits per heavy atom. The molecule has 0 bridgehead atoms. The Morgan fingerprint density at radius 1 is 1.38 bits per heavy atom. The molecule has 1 unspecified atom stereocenters. The minimum Gasteiger partial charge on any atom is -0.166 e. The van der Waals surface area contributed by atoms with E-state index in [2.05, 4.69) is 15.9 Å². The van der Waals surface area contributed by atoms with Crippen LogP contribution in [0, 0.1) is 0 Å². The Bertz CT molecular complexity index is 363. The van der Waals surface area contributed by atoms with E-state index in [-0.39, 0.29) is 5.38 Å². The fourth-order valence-corrected chi connectivity index (χ4v) is 1.98. The molecule has 1 aromatic carbocycles. The second-order valence-electron chi connectivity index (χ2n) is 3.51. The summed E-state index contributed by atoms with van der Waals surface area (Å²) in [5, 5.41) is -0.0481. The van der Waals surface area contributed by atoms with E-state index in [9.17, 15) is 13.2 Å². The molecular formula is C11H11BrClF3. The lowest BCUT2D eigenvalue weighted by atomic mass is 10.1. The molecule has 0 saturated heterocycles. The van der Waals surface area contributed by atoms with E-state index in [1.807, 2.05) is 6.92 Å². The normalized spacial score (nSPS) is 13.9. The monoisotopic (exact) mass is 314 g/mol. The first kappa shape index (κ1) is 13.8. The Morgan fingerprint density at radius 2 is 2.00 bits per heavy atom. The van der Waals surface area contributed by atoms with Crippen LogP contribution in [0.3, 0.4) is 0 Å². The number of rotatable bonds is 3. The Labute approximate surface area is 106 Å². The molecule has 0 aliphatic carbocycles. The predicted molar refractivity (Wildman–Crippen MR) is 62.8 cm³/mol. The fraction of sp³-hybridized carbons (Fsp3) is 0.455. The zero-order valence-electron chi connectivity index (χ0n) is 8.61. The van der Waals surface area contributed by atoms with E-state index < -0.39 is 11.7 Å². The van der Waals surface area contributed by atoms with Crippen molar-refractivity contribution < 1.29 is 13.2 Å². The number of hydrogen-bond donors (Lipinski definition) is 0. The molecule has 0 spiro atoms. The highest BCUT2D eigenvalue weighted by molar-refractivity contribution is 9.10. The summed E-state index contributed by atoms with van der Waals surface area (Å²) in [7, 11) is 0. The highest BCUT2D eigenvalue weighted by atomic mass is 79.9. The third-order valence-electron chi connectivity index (χ3n) is 2.26. The molecule has 0 N–H and O–H groups in total. The molecular weight excluding hydrogens is 304 g/mol. The lowest BCUT2D eigenvalue weighted by Crippen LogP contribution is -2.07. The van der Waals surface area contributed by atoms with E-state index in [1.165, 1.54) is 6.07 Å². The van der Waals surface area contributed by atoms with Crippen molar-refractivity contribution in [2.75, 3.05) is 0 Å². The smallest absolute Gasteiger partial charge is 0.166 e. The van der Waals surface area contributed by atoms with Crippen LogP contribution in [0.25, 0.3) is 0 Å². The third kappa shape index (κ3) is 3.67. The highest BCUT2D eigenvalue weighted by Crippen LogP contribution is 2.32. The summed E-state index contributed by atoms with van der Waals surface area (Å²) in [5.74, 6) is 0. The van der Waals surface area contributed by atoms with Gasteiger partial charge in [-0.2, -0.15) is 13.2 Å². The highest BCUT2D eigenvalue weighted by Gasteiger charge is 2.30. The molecule has 16 heavy (non-hydrogen) atoms. The minimum atomic E-state index is -4.30. The number of benzene rings is 1. The summed E-state index contributed by atoms with van der Waals surface area (Å²) in [6, 6.07) is 3.64. The van der Waals surface area contributed by atoms with Crippen molar-refractivity contribution in [3.63, 3.8) is 0 Å². The van der Waals surface area contributed by atoms with Gasteiger partial charge in [-0.15, -0.1) is 11.6 Å². The van der Waals surface area contributed by atoms with Crippen molar-refractivity contribution in [2.45, 2.75) is 31.3 Å². The van der Waals surface area contributed by atoms with Gasteiger partial charge >= 0.3 is 6.18 Å². The number of hydrogen-bond acceptors (Lipinski definition) is 0. The van der Waals surface area contributed by atoms with Crippen molar-refractivity contribution in [1.82, 2.24) is 0 Å². The van der Waals surface area contributed by atoms with Gasteiger partial charge in [0.05, 0.1) is 5.56 Å². The van der Waals surface area contributed by atoms with Crippen LogP contribution in [0.1, 0.15) is 24.5 Å². The molecule has 0 heterocycles. The summed E-state index contributed by atoms with van der Waals surface area (Å²) >= 11 is 9.10. The molecule has 0 aliphatic heterocycles. The van der Waals surface area contributed by atoms with Gasteiger partial charge in [0.15, 0.2) is 0 Å². The van der Waals surface area contributed by atoms with Crippen LogP contribution in [0.5, 0.6) is 0 Å². The van der Waals surface area contributed by atoms with Gasteiger partial charge < -0.3 is 0 Å². The quantitative estimate of drug-likeness (QED) is 0.686. The van der Waals surface area contributed by atoms with E-state index in [4.69, 9.17) is 11.6 Å². The summed E-state index contributed by atoms with van der Waals surface area (Å²) < 4.78 is 37.6. The molecule has 0 aromatic heterocycles. The SMILES string of the molecule is CCC(Cl)Cc1ccc(C(F)(F)F)cc1Br. The summed E-state index contributed by atoms with van der Waals surface area (Å²) in [4.78, 5) is 0. The van der Waals surface area contributed by atoms with Crippen molar-refractivity contribution in [1.29, 1.82) is 0 Å².